The number of halogens is 3. The van der Waals surface area contributed by atoms with E-state index in [1.54, 1.807) is 24.3 Å². The minimum absolute atomic E-state index is 0.0883. The summed E-state index contributed by atoms with van der Waals surface area (Å²) in [4.78, 5) is 16.7. The zero-order valence-corrected chi connectivity index (χ0v) is 14.6. The molecule has 3 aromatic rings. The van der Waals surface area contributed by atoms with Crippen LogP contribution in [-0.4, -0.2) is 10.9 Å². The lowest BCUT2D eigenvalue weighted by Crippen LogP contribution is -2.23. The number of nitrogens with one attached hydrogen (secondary N) is 1. The fraction of sp³-hybridized carbons (Fsp3) is 0.111. The van der Waals surface area contributed by atoms with Gasteiger partial charge in [-0.05, 0) is 42.5 Å². The highest BCUT2D eigenvalue weighted by molar-refractivity contribution is 7.13. The van der Waals surface area contributed by atoms with E-state index in [0.717, 1.165) is 17.0 Å². The molecular formula is C18H14F3N3O2S. The second-order valence-corrected chi connectivity index (χ2v) is 6.60. The number of thiophene rings is 1. The van der Waals surface area contributed by atoms with E-state index in [0.29, 0.717) is 5.06 Å². The maximum absolute atomic E-state index is 12.7. The van der Waals surface area contributed by atoms with Gasteiger partial charge in [-0.15, -0.1) is 11.3 Å². The van der Waals surface area contributed by atoms with Crippen molar-refractivity contribution in [1.82, 2.24) is 10.3 Å². The first-order chi connectivity index (χ1) is 12.8. The lowest BCUT2D eigenvalue weighted by Gasteiger charge is -2.08. The molecule has 0 aliphatic carbocycles. The van der Waals surface area contributed by atoms with Gasteiger partial charge in [-0.25, -0.2) is 4.98 Å². The number of nitrogens with two attached hydrogens (primary N) is 1. The van der Waals surface area contributed by atoms with Crippen molar-refractivity contribution in [3.8, 4) is 10.8 Å². The van der Waals surface area contributed by atoms with E-state index in [2.05, 4.69) is 10.3 Å². The Hall–Kier alpha value is -3.07. The van der Waals surface area contributed by atoms with Crippen LogP contribution in [0.2, 0.25) is 0 Å². The molecule has 2 aromatic heterocycles. The summed E-state index contributed by atoms with van der Waals surface area (Å²) in [5, 5.41) is 3.13. The fourth-order valence-electron chi connectivity index (χ4n) is 2.23. The zero-order valence-electron chi connectivity index (χ0n) is 13.8. The first-order valence-corrected chi connectivity index (χ1v) is 8.57. The van der Waals surface area contributed by atoms with Gasteiger partial charge in [0.2, 0.25) is 0 Å². The predicted octanol–water partition coefficient (Wildman–Crippen LogP) is 4.47. The third-order valence-corrected chi connectivity index (χ3v) is 4.49. The summed E-state index contributed by atoms with van der Waals surface area (Å²) in [7, 11) is 0. The standard InChI is InChI=1S/C18H14F3N3O2S/c19-18(20,21)11-3-1-4-12(9-11)26-15-7-6-13(27-15)10-24-17(25)14-5-2-8-23-16(14)22/h1-9H,10H2,(H2,22,23)(H,24,25). The number of ether oxygens (including phenoxy) is 1. The first-order valence-electron chi connectivity index (χ1n) is 7.75. The highest BCUT2D eigenvalue weighted by atomic mass is 32.1. The number of carbonyl (C=O) groups excluding carboxylic acids is 1. The molecule has 9 heteroatoms. The minimum atomic E-state index is -4.43. The van der Waals surface area contributed by atoms with Gasteiger partial charge in [-0.2, -0.15) is 13.2 Å². The summed E-state index contributed by atoms with van der Waals surface area (Å²) in [6.07, 6.45) is -2.94. The first kappa shape index (κ1) is 18.7. The second kappa shape index (κ2) is 7.67. The van der Waals surface area contributed by atoms with E-state index in [1.807, 2.05) is 0 Å². The maximum atomic E-state index is 12.7. The van der Waals surface area contributed by atoms with Crippen LogP contribution < -0.4 is 15.8 Å². The monoisotopic (exact) mass is 393 g/mol. The molecule has 27 heavy (non-hydrogen) atoms. The molecule has 5 nitrogen and oxygen atoms in total. The Morgan fingerprint density at radius 2 is 2.00 bits per heavy atom. The van der Waals surface area contributed by atoms with Crippen molar-refractivity contribution in [3.05, 3.63) is 70.7 Å². The number of hydrogen-bond donors (Lipinski definition) is 2. The number of carbonyl (C=O) groups is 1. The van der Waals surface area contributed by atoms with Gasteiger partial charge in [0, 0.05) is 11.1 Å². The van der Waals surface area contributed by atoms with Gasteiger partial charge in [0.05, 0.1) is 17.7 Å². The number of pyridine rings is 1. The quantitative estimate of drug-likeness (QED) is 0.671. The number of rotatable bonds is 5. The number of hydrogen-bond acceptors (Lipinski definition) is 5. The normalized spacial score (nSPS) is 11.2. The molecule has 0 saturated carbocycles. The van der Waals surface area contributed by atoms with Crippen molar-refractivity contribution in [2.45, 2.75) is 12.7 Å². The topological polar surface area (TPSA) is 77.2 Å². The highest BCUT2D eigenvalue weighted by Gasteiger charge is 2.30. The number of nitrogens with zero attached hydrogens (tertiary/aromatic N) is 1. The summed E-state index contributed by atoms with van der Waals surface area (Å²) in [5.74, 6) is -0.144. The molecule has 0 fully saturated rings. The summed E-state index contributed by atoms with van der Waals surface area (Å²) in [6, 6.07) is 11.2. The van der Waals surface area contributed by atoms with Crippen LogP contribution in [0.25, 0.3) is 0 Å². The van der Waals surface area contributed by atoms with Crippen molar-refractivity contribution >= 4 is 23.1 Å². The molecule has 0 bridgehead atoms. The molecule has 0 aliphatic heterocycles. The molecule has 3 N–H and O–H groups in total. The summed E-state index contributed by atoms with van der Waals surface area (Å²) in [6.45, 7) is 0.226. The molecule has 3 rings (SSSR count). The SMILES string of the molecule is Nc1ncccc1C(=O)NCc1ccc(Oc2cccc(C(F)(F)F)c2)s1. The Labute approximate surface area is 156 Å². The molecule has 2 heterocycles. The van der Waals surface area contributed by atoms with Crippen LogP contribution in [0.4, 0.5) is 19.0 Å². The number of anilines is 1. The van der Waals surface area contributed by atoms with E-state index in [9.17, 15) is 18.0 Å². The maximum Gasteiger partial charge on any atom is 0.416 e. The largest absolute Gasteiger partial charge is 0.447 e. The number of benzene rings is 1. The lowest BCUT2D eigenvalue weighted by molar-refractivity contribution is -0.137. The van der Waals surface area contributed by atoms with Crippen LogP contribution in [0.15, 0.2) is 54.7 Å². The van der Waals surface area contributed by atoms with Crippen LogP contribution in [0.3, 0.4) is 0 Å². The smallest absolute Gasteiger partial charge is 0.416 e. The van der Waals surface area contributed by atoms with Crippen molar-refractivity contribution < 1.29 is 22.7 Å². The predicted molar refractivity (Wildman–Crippen MR) is 95.7 cm³/mol. The van der Waals surface area contributed by atoms with Crippen molar-refractivity contribution in [2.75, 3.05) is 5.73 Å². The van der Waals surface area contributed by atoms with Gasteiger partial charge in [0.15, 0.2) is 5.06 Å². The number of amides is 1. The average Bonchev–Trinajstić information content (AvgIpc) is 3.07. The Morgan fingerprint density at radius 3 is 2.74 bits per heavy atom. The van der Waals surface area contributed by atoms with E-state index >= 15 is 0 Å². The van der Waals surface area contributed by atoms with E-state index in [1.165, 1.54) is 29.7 Å². The van der Waals surface area contributed by atoms with Gasteiger partial charge >= 0.3 is 6.18 Å². The minimum Gasteiger partial charge on any atom is -0.447 e. The third-order valence-electron chi connectivity index (χ3n) is 3.52. The Kier molecular flexibility index (Phi) is 5.31. The van der Waals surface area contributed by atoms with E-state index < -0.39 is 11.7 Å². The van der Waals surface area contributed by atoms with Gasteiger partial charge in [0.25, 0.3) is 5.91 Å². The van der Waals surface area contributed by atoms with Gasteiger partial charge in [-0.3, -0.25) is 4.79 Å². The van der Waals surface area contributed by atoms with Gasteiger partial charge in [0.1, 0.15) is 11.6 Å². The molecule has 0 spiro atoms. The number of alkyl halides is 3. The molecule has 1 amide bonds. The summed E-state index contributed by atoms with van der Waals surface area (Å²) < 4.78 is 43.7. The molecule has 0 atom stereocenters. The molecular weight excluding hydrogens is 379 g/mol. The lowest BCUT2D eigenvalue weighted by atomic mass is 10.2. The fourth-order valence-corrected chi connectivity index (χ4v) is 3.05. The van der Waals surface area contributed by atoms with Crippen LogP contribution >= 0.6 is 11.3 Å². The van der Waals surface area contributed by atoms with E-state index in [-0.39, 0.29) is 29.6 Å². The molecule has 0 saturated heterocycles. The van der Waals surface area contributed by atoms with E-state index in [4.69, 9.17) is 10.5 Å². The molecule has 0 aliphatic rings. The molecule has 1 aromatic carbocycles. The summed E-state index contributed by atoms with van der Waals surface area (Å²) in [5.41, 5.74) is 5.15. The molecule has 0 unspecified atom stereocenters. The van der Waals surface area contributed by atoms with Crippen molar-refractivity contribution in [2.24, 2.45) is 0 Å². The van der Waals surface area contributed by atoms with Crippen LogP contribution in [0.5, 0.6) is 10.8 Å². The Morgan fingerprint density at radius 1 is 1.19 bits per heavy atom. The molecule has 0 radical (unpaired) electrons. The average molecular weight is 393 g/mol. The van der Waals surface area contributed by atoms with Gasteiger partial charge < -0.3 is 15.8 Å². The van der Waals surface area contributed by atoms with Crippen molar-refractivity contribution in [3.63, 3.8) is 0 Å². The van der Waals surface area contributed by atoms with Crippen LogP contribution in [0, 0.1) is 0 Å². The highest BCUT2D eigenvalue weighted by Crippen LogP contribution is 2.34. The summed E-state index contributed by atoms with van der Waals surface area (Å²) >= 11 is 1.22. The Balaban J connectivity index is 1.62. The third kappa shape index (κ3) is 4.76. The van der Waals surface area contributed by atoms with Crippen molar-refractivity contribution in [1.29, 1.82) is 0 Å². The number of aromatic nitrogens is 1. The Bertz CT molecular complexity index is 957. The zero-order chi connectivity index (χ0) is 19.4. The van der Waals surface area contributed by atoms with Crippen LogP contribution in [-0.2, 0) is 12.7 Å². The van der Waals surface area contributed by atoms with Gasteiger partial charge in [-0.1, -0.05) is 6.07 Å². The van der Waals surface area contributed by atoms with Crippen LogP contribution in [0.1, 0.15) is 20.8 Å². The number of nitrogen functional groups attached to an aromatic ring is 1. The second-order valence-electron chi connectivity index (χ2n) is 5.47. The molecule has 140 valence electrons.